The van der Waals surface area contributed by atoms with Crippen LogP contribution in [0.4, 0.5) is 23.8 Å². The van der Waals surface area contributed by atoms with Gasteiger partial charge in [0.25, 0.3) is 0 Å². The molecule has 1 saturated heterocycles. The van der Waals surface area contributed by atoms with E-state index in [1.54, 1.807) is 32.8 Å². The Morgan fingerprint density at radius 3 is 2.61 bits per heavy atom. The molecule has 1 aliphatic heterocycles. The minimum atomic E-state index is -1.04. The van der Waals surface area contributed by atoms with Gasteiger partial charge >= 0.3 is 12.2 Å². The summed E-state index contributed by atoms with van der Waals surface area (Å²) in [7, 11) is 3.53. The van der Waals surface area contributed by atoms with E-state index < -0.39 is 41.1 Å². The Hall–Kier alpha value is -5.42. The lowest BCUT2D eigenvalue weighted by Crippen LogP contribution is -2.51. The lowest BCUT2D eigenvalue weighted by molar-refractivity contribution is -0.129. The fraction of sp³-hybridized carbons (Fsp3) is 0.425. The number of ether oxygens (including phenoxy) is 3. The van der Waals surface area contributed by atoms with Crippen molar-refractivity contribution in [1.29, 1.82) is 0 Å². The molecule has 2 aliphatic rings. The van der Waals surface area contributed by atoms with E-state index >= 15 is 8.78 Å². The highest BCUT2D eigenvalue weighted by Gasteiger charge is 2.42. The smallest absolute Gasteiger partial charge is 0.461 e. The Kier molecular flexibility index (Phi) is 10.7. The van der Waals surface area contributed by atoms with Crippen molar-refractivity contribution in [3.8, 4) is 35.4 Å². The number of alkyl halides is 1. The second-order valence-electron chi connectivity index (χ2n) is 14.5. The van der Waals surface area contributed by atoms with E-state index in [1.807, 2.05) is 11.8 Å². The van der Waals surface area contributed by atoms with E-state index in [1.165, 1.54) is 36.5 Å². The first-order chi connectivity index (χ1) is 25.7. The highest BCUT2D eigenvalue weighted by atomic mass is 19.1. The molecule has 1 amide bonds. The number of amides is 1. The third kappa shape index (κ3) is 7.37. The van der Waals surface area contributed by atoms with Crippen LogP contribution in [0.25, 0.3) is 32.9 Å². The van der Waals surface area contributed by atoms with Crippen LogP contribution in [0.1, 0.15) is 58.4 Å². The molecule has 54 heavy (non-hydrogen) atoms. The summed E-state index contributed by atoms with van der Waals surface area (Å²) >= 11 is 0. The van der Waals surface area contributed by atoms with Crippen LogP contribution in [-0.4, -0.2) is 94.0 Å². The molecule has 1 aliphatic carbocycles. The number of carbonyl (C=O) groups is 2. The highest BCUT2D eigenvalue weighted by Crippen LogP contribution is 2.40. The number of nitrogens with zero attached hydrogens (tertiary/aromatic N) is 5. The number of aromatic nitrogens is 3. The number of anilines is 1. The summed E-state index contributed by atoms with van der Waals surface area (Å²) in [4.78, 5) is 42.3. The van der Waals surface area contributed by atoms with Gasteiger partial charge in [0.1, 0.15) is 41.4 Å². The second kappa shape index (κ2) is 15.1. The Morgan fingerprint density at radius 2 is 1.96 bits per heavy atom. The maximum atomic E-state index is 17.1. The zero-order valence-electron chi connectivity index (χ0n) is 31.0. The first-order valence-corrected chi connectivity index (χ1v) is 17.8. The lowest BCUT2D eigenvalue weighted by Gasteiger charge is -2.38. The van der Waals surface area contributed by atoms with Gasteiger partial charge in [-0.2, -0.15) is 9.97 Å². The number of nitrogens with one attached hydrogen (secondary N) is 1. The molecule has 2 atom stereocenters. The van der Waals surface area contributed by atoms with Gasteiger partial charge in [0.15, 0.2) is 5.82 Å². The van der Waals surface area contributed by atoms with Crippen LogP contribution in [0.3, 0.4) is 0 Å². The van der Waals surface area contributed by atoms with Gasteiger partial charge in [-0.25, -0.2) is 18.0 Å². The topological polar surface area (TPSA) is 119 Å². The monoisotopic (exact) mass is 744 g/mol. The molecule has 11 nitrogen and oxygen atoms in total. The van der Waals surface area contributed by atoms with Crippen LogP contribution in [0.5, 0.6) is 11.8 Å². The SMILES string of the molecule is C#Cc1c(F)ccc2cc(OC(=O)OC(C)C)cc(-c3ncc4c(NCC5(N(C)C(=O)C=C)CCCC5)nc(OC[C@]5(C)C[C@@H](F)CN5C)nc4c3F)c12. The second-order valence-corrected chi connectivity index (χ2v) is 14.5. The number of hydrogen-bond acceptors (Lipinski definition) is 10. The van der Waals surface area contributed by atoms with Crippen LogP contribution >= 0.6 is 0 Å². The fourth-order valence-corrected chi connectivity index (χ4v) is 7.42. The van der Waals surface area contributed by atoms with Crippen molar-refractivity contribution >= 4 is 39.6 Å². The Labute approximate surface area is 311 Å². The van der Waals surface area contributed by atoms with Crippen molar-refractivity contribution in [2.75, 3.05) is 39.1 Å². The fourth-order valence-electron chi connectivity index (χ4n) is 7.42. The number of pyridine rings is 1. The van der Waals surface area contributed by atoms with Gasteiger partial charge in [0, 0.05) is 43.7 Å². The van der Waals surface area contributed by atoms with E-state index in [9.17, 15) is 14.0 Å². The van der Waals surface area contributed by atoms with Gasteiger partial charge in [-0.1, -0.05) is 31.4 Å². The summed E-state index contributed by atoms with van der Waals surface area (Å²) in [6.45, 7) is 9.34. The molecule has 1 N–H and O–H groups in total. The quantitative estimate of drug-likeness (QED) is 0.0731. The number of carbonyl (C=O) groups excluding carboxylic acids is 2. The van der Waals surface area contributed by atoms with Gasteiger partial charge in [-0.15, -0.1) is 6.42 Å². The van der Waals surface area contributed by atoms with Gasteiger partial charge in [0.05, 0.1) is 28.1 Å². The van der Waals surface area contributed by atoms with E-state index in [2.05, 4.69) is 32.8 Å². The van der Waals surface area contributed by atoms with Gasteiger partial charge < -0.3 is 24.4 Å². The maximum absolute atomic E-state index is 17.1. The maximum Gasteiger partial charge on any atom is 0.514 e. The molecule has 1 saturated carbocycles. The summed E-state index contributed by atoms with van der Waals surface area (Å²) in [5.41, 5.74) is -1.81. The number of likely N-dealkylation sites (tertiary alicyclic amines) is 1. The van der Waals surface area contributed by atoms with Crippen LogP contribution in [-0.2, 0) is 9.53 Å². The molecule has 0 bridgehead atoms. The largest absolute Gasteiger partial charge is 0.514 e. The molecule has 6 rings (SSSR count). The summed E-state index contributed by atoms with van der Waals surface area (Å²) < 4.78 is 63.3. The molecule has 2 fully saturated rings. The van der Waals surface area contributed by atoms with Gasteiger partial charge in [0.2, 0.25) is 5.91 Å². The van der Waals surface area contributed by atoms with Crippen molar-refractivity contribution < 1.29 is 37.0 Å². The van der Waals surface area contributed by atoms with Crippen LogP contribution in [0.2, 0.25) is 0 Å². The van der Waals surface area contributed by atoms with Crippen molar-refractivity contribution in [1.82, 2.24) is 24.8 Å². The average molecular weight is 745 g/mol. The van der Waals surface area contributed by atoms with Crippen LogP contribution in [0, 0.1) is 24.0 Å². The molecule has 0 unspecified atom stereocenters. The summed E-state index contributed by atoms with van der Waals surface area (Å²) in [5, 5.41) is 4.04. The molecule has 4 aromatic rings. The minimum Gasteiger partial charge on any atom is -0.461 e. The van der Waals surface area contributed by atoms with Crippen molar-refractivity contribution in [3.05, 3.63) is 60.3 Å². The molecule has 2 aromatic carbocycles. The number of terminal acetylenes is 1. The van der Waals surface area contributed by atoms with E-state index in [0.717, 1.165) is 25.7 Å². The van der Waals surface area contributed by atoms with E-state index in [-0.39, 0.29) is 82.7 Å². The Morgan fingerprint density at radius 1 is 1.22 bits per heavy atom. The predicted octanol–water partition coefficient (Wildman–Crippen LogP) is 7.21. The third-order valence-electron chi connectivity index (χ3n) is 10.5. The standard InChI is InChI=1S/C40H43F3N6O5/c1-8-27-30(42)13-12-24-16-26(54-38(51)53-23(3)4)17-28(32(24)27)34-33(43)35-29(19-44-34)36(45-21-40(14-10-11-15-40)49(7)31(50)9-2)47-37(46-35)52-22-39(5)18-25(41)20-48(39)6/h1,9,12-13,16-17,19,23,25H,2,10-11,14-15,18,20-22H2,3-7H3,(H,45,46,47)/t25-,39+/m1/s1. The van der Waals surface area contributed by atoms with E-state index in [0.29, 0.717) is 5.39 Å². The summed E-state index contributed by atoms with van der Waals surface area (Å²) in [6.07, 6.45) is 9.37. The molecule has 0 spiro atoms. The molecule has 2 aromatic heterocycles. The zero-order chi connectivity index (χ0) is 38.9. The number of hydrogen-bond donors (Lipinski definition) is 1. The van der Waals surface area contributed by atoms with Crippen molar-refractivity contribution in [3.63, 3.8) is 0 Å². The number of likely N-dealkylation sites (N-methyl/N-ethyl adjacent to an activating group) is 2. The lowest BCUT2D eigenvalue weighted by atomic mass is 9.95. The molecular weight excluding hydrogens is 701 g/mol. The van der Waals surface area contributed by atoms with Crippen LogP contribution in [0.15, 0.2) is 43.1 Å². The first kappa shape index (κ1) is 38.3. The summed E-state index contributed by atoms with van der Waals surface area (Å²) in [5.74, 6) is 0.666. The average Bonchev–Trinajstić information content (AvgIpc) is 3.72. The summed E-state index contributed by atoms with van der Waals surface area (Å²) in [6, 6.07) is 5.22. The van der Waals surface area contributed by atoms with Gasteiger partial charge in [-0.05, 0) is 70.3 Å². The molecule has 284 valence electrons. The highest BCUT2D eigenvalue weighted by molar-refractivity contribution is 6.03. The number of rotatable bonds is 11. The molecular formula is C40H43F3N6O5. The molecule has 0 radical (unpaired) electrons. The van der Waals surface area contributed by atoms with Crippen molar-refractivity contribution in [2.45, 2.75) is 76.2 Å². The predicted molar refractivity (Wildman–Crippen MR) is 199 cm³/mol. The molecule has 14 heteroatoms. The Balaban J connectivity index is 1.50. The molecule has 3 heterocycles. The Bertz CT molecular complexity index is 2170. The normalized spacial score (nSPS) is 19.5. The van der Waals surface area contributed by atoms with E-state index in [4.69, 9.17) is 20.6 Å². The first-order valence-electron chi connectivity index (χ1n) is 17.8. The minimum absolute atomic E-state index is 0.0102. The van der Waals surface area contributed by atoms with Crippen LogP contribution < -0.4 is 14.8 Å². The van der Waals surface area contributed by atoms with Crippen molar-refractivity contribution in [2.24, 2.45) is 0 Å². The number of halogens is 3. The third-order valence-corrected chi connectivity index (χ3v) is 10.5. The number of fused-ring (bicyclic) bond motifs is 2. The number of benzene rings is 2. The van der Waals surface area contributed by atoms with Gasteiger partial charge in [-0.3, -0.25) is 14.7 Å². The zero-order valence-corrected chi connectivity index (χ0v) is 31.0.